The minimum absolute atomic E-state index is 0.750. The Labute approximate surface area is 93.6 Å². The molecule has 0 fully saturated rings. The Morgan fingerprint density at radius 2 is 1.00 bits per heavy atom. The third-order valence-electron chi connectivity index (χ3n) is 0.805. The topological polar surface area (TPSA) is 115 Å². The number of hydrogen-bond donors (Lipinski definition) is 4. The summed E-state index contributed by atoms with van der Waals surface area (Å²) >= 11 is 14.4. The van der Waals surface area contributed by atoms with Crippen LogP contribution < -0.4 is 0 Å². The SMILES string of the molecule is ClC(Cl)Cl.O=C(O)[C@H](O)[C@@H](O)C(=O)O. The third kappa shape index (κ3) is 9.82. The third-order valence-corrected chi connectivity index (χ3v) is 0.805. The number of halogens is 3. The summed E-state index contributed by atoms with van der Waals surface area (Å²) in [5.41, 5.74) is 0. The lowest BCUT2D eigenvalue weighted by atomic mass is 10.2. The Morgan fingerprint density at radius 1 is 0.857 bits per heavy atom. The number of aliphatic hydroxyl groups excluding tert-OH is 2. The van der Waals surface area contributed by atoms with E-state index in [1.54, 1.807) is 0 Å². The maximum absolute atomic E-state index is 9.77. The van der Waals surface area contributed by atoms with Gasteiger partial charge >= 0.3 is 11.9 Å². The van der Waals surface area contributed by atoms with Crippen LogP contribution in [-0.2, 0) is 9.59 Å². The highest BCUT2D eigenvalue weighted by Crippen LogP contribution is 2.03. The van der Waals surface area contributed by atoms with Gasteiger partial charge in [-0.2, -0.15) is 0 Å². The number of hydrogen-bond acceptors (Lipinski definition) is 4. The van der Waals surface area contributed by atoms with Crippen molar-refractivity contribution >= 4 is 46.7 Å². The molecule has 0 aromatic rings. The van der Waals surface area contributed by atoms with Gasteiger partial charge in [0.15, 0.2) is 16.5 Å². The summed E-state index contributed by atoms with van der Waals surface area (Å²) in [7, 11) is 0. The lowest BCUT2D eigenvalue weighted by Gasteiger charge is -2.07. The largest absolute Gasteiger partial charge is 0.479 e. The first-order valence-corrected chi connectivity index (χ1v) is 4.25. The molecule has 4 N–H and O–H groups in total. The Bertz CT molecular complexity index is 175. The van der Waals surface area contributed by atoms with Crippen molar-refractivity contribution < 1.29 is 30.0 Å². The molecule has 0 saturated carbocycles. The van der Waals surface area contributed by atoms with Gasteiger partial charge in [0.2, 0.25) is 0 Å². The summed E-state index contributed by atoms with van der Waals surface area (Å²) < 4.78 is -0.750. The normalized spacial score (nSPS) is 13.9. The zero-order valence-corrected chi connectivity index (χ0v) is 8.74. The molecule has 6 nitrogen and oxygen atoms in total. The van der Waals surface area contributed by atoms with E-state index in [0.29, 0.717) is 0 Å². The number of carbonyl (C=O) groups is 2. The molecule has 2 atom stereocenters. The Morgan fingerprint density at radius 3 is 1.07 bits per heavy atom. The van der Waals surface area contributed by atoms with Gasteiger partial charge in [0.25, 0.3) is 0 Å². The summed E-state index contributed by atoms with van der Waals surface area (Å²) in [6.45, 7) is 0. The molecule has 0 unspecified atom stereocenters. The van der Waals surface area contributed by atoms with E-state index in [-0.39, 0.29) is 0 Å². The number of rotatable bonds is 3. The van der Waals surface area contributed by atoms with Crippen molar-refractivity contribution in [3.05, 3.63) is 0 Å². The van der Waals surface area contributed by atoms with Crippen molar-refractivity contribution in [1.82, 2.24) is 0 Å². The second-order valence-electron chi connectivity index (χ2n) is 1.81. The molecule has 0 aromatic carbocycles. The van der Waals surface area contributed by atoms with E-state index in [1.807, 2.05) is 0 Å². The monoisotopic (exact) mass is 268 g/mol. The van der Waals surface area contributed by atoms with Crippen LogP contribution in [0.3, 0.4) is 0 Å². The Balaban J connectivity index is 0. The first-order valence-electron chi connectivity index (χ1n) is 2.94. The number of alkyl halides is 3. The fourth-order valence-electron chi connectivity index (χ4n) is 0.270. The Kier molecular flexibility index (Phi) is 9.32. The molecule has 0 bridgehead atoms. The molecule has 0 radical (unpaired) electrons. The molecule has 0 amide bonds. The molecule has 0 spiro atoms. The van der Waals surface area contributed by atoms with Gasteiger partial charge in [-0.25, -0.2) is 9.59 Å². The lowest BCUT2D eigenvalue weighted by Crippen LogP contribution is -2.39. The number of aliphatic carboxylic acids is 2. The van der Waals surface area contributed by atoms with E-state index in [2.05, 4.69) is 0 Å². The summed E-state index contributed by atoms with van der Waals surface area (Å²) in [4.78, 5) is 19.5. The van der Waals surface area contributed by atoms with Crippen LogP contribution in [0.1, 0.15) is 0 Å². The zero-order chi connectivity index (χ0) is 11.9. The fourth-order valence-corrected chi connectivity index (χ4v) is 0.270. The highest BCUT2D eigenvalue weighted by atomic mass is 35.6. The smallest absolute Gasteiger partial charge is 0.335 e. The van der Waals surface area contributed by atoms with Gasteiger partial charge in [-0.3, -0.25) is 0 Å². The van der Waals surface area contributed by atoms with E-state index in [1.165, 1.54) is 0 Å². The lowest BCUT2D eigenvalue weighted by molar-refractivity contribution is -0.165. The minimum atomic E-state index is -2.27. The highest BCUT2D eigenvalue weighted by Gasteiger charge is 2.29. The van der Waals surface area contributed by atoms with Gasteiger partial charge in [-0.1, -0.05) is 34.8 Å². The molecule has 0 aliphatic heterocycles. The second kappa shape index (κ2) is 8.07. The average molecular weight is 269 g/mol. The van der Waals surface area contributed by atoms with Gasteiger partial charge in [0, 0.05) is 0 Å². The van der Waals surface area contributed by atoms with Gasteiger partial charge in [0.1, 0.15) is 0 Å². The molecule has 0 aliphatic rings. The predicted molar refractivity (Wildman–Crippen MR) is 48.6 cm³/mol. The van der Waals surface area contributed by atoms with Crippen LogP contribution >= 0.6 is 34.8 Å². The van der Waals surface area contributed by atoms with Crippen LogP contribution in [0.2, 0.25) is 0 Å². The van der Waals surface area contributed by atoms with Crippen molar-refractivity contribution in [2.75, 3.05) is 0 Å². The predicted octanol–water partition coefficient (Wildman–Crippen LogP) is -0.136. The maximum Gasteiger partial charge on any atom is 0.335 e. The summed E-state index contributed by atoms with van der Waals surface area (Å²) in [6.07, 6.45) is -4.53. The van der Waals surface area contributed by atoms with Gasteiger partial charge in [-0.15, -0.1) is 0 Å². The molecule has 0 rings (SSSR count). The van der Waals surface area contributed by atoms with Crippen molar-refractivity contribution in [3.8, 4) is 0 Å². The molecule has 0 heterocycles. The summed E-state index contributed by atoms with van der Waals surface area (Å²) in [6, 6.07) is 0. The maximum atomic E-state index is 9.77. The van der Waals surface area contributed by atoms with Crippen LogP contribution in [0, 0.1) is 0 Å². The molecular weight excluding hydrogens is 262 g/mol. The van der Waals surface area contributed by atoms with Crippen LogP contribution in [0.25, 0.3) is 0 Å². The minimum Gasteiger partial charge on any atom is -0.479 e. The molecule has 0 aromatic heterocycles. The first kappa shape index (κ1) is 16.2. The molecule has 14 heavy (non-hydrogen) atoms. The number of carboxylic acids is 2. The molecule has 84 valence electrons. The van der Waals surface area contributed by atoms with E-state index in [9.17, 15) is 9.59 Å². The first-order chi connectivity index (χ1) is 6.20. The van der Waals surface area contributed by atoms with Crippen LogP contribution in [-0.4, -0.2) is 48.9 Å². The van der Waals surface area contributed by atoms with Crippen molar-refractivity contribution in [2.45, 2.75) is 16.5 Å². The summed E-state index contributed by atoms with van der Waals surface area (Å²) in [5, 5.41) is 32.5. The molecule has 0 saturated heterocycles. The summed E-state index contributed by atoms with van der Waals surface area (Å²) in [5.74, 6) is -3.54. The van der Waals surface area contributed by atoms with Crippen LogP contribution in [0.15, 0.2) is 0 Å². The Hall–Kier alpha value is -0.270. The zero-order valence-electron chi connectivity index (χ0n) is 6.47. The second-order valence-corrected chi connectivity index (χ2v) is 3.79. The average Bonchev–Trinajstić information content (AvgIpc) is 2.00. The van der Waals surface area contributed by atoms with Crippen molar-refractivity contribution in [1.29, 1.82) is 0 Å². The van der Waals surface area contributed by atoms with E-state index in [0.717, 1.165) is 0 Å². The van der Waals surface area contributed by atoms with Crippen LogP contribution in [0.4, 0.5) is 0 Å². The molecule has 9 heteroatoms. The van der Waals surface area contributed by atoms with Gasteiger partial charge < -0.3 is 20.4 Å². The van der Waals surface area contributed by atoms with Gasteiger partial charge in [-0.05, 0) is 0 Å². The number of carboxylic acid groups (broad SMARTS) is 2. The number of aliphatic hydroxyl groups is 2. The molecule has 0 aliphatic carbocycles. The van der Waals surface area contributed by atoms with E-state index < -0.39 is 28.4 Å². The van der Waals surface area contributed by atoms with E-state index in [4.69, 9.17) is 55.2 Å². The highest BCUT2D eigenvalue weighted by molar-refractivity contribution is 6.63. The van der Waals surface area contributed by atoms with Crippen molar-refractivity contribution in [2.24, 2.45) is 0 Å². The van der Waals surface area contributed by atoms with E-state index >= 15 is 0 Å². The van der Waals surface area contributed by atoms with Crippen molar-refractivity contribution in [3.63, 3.8) is 0 Å². The molecular formula is C5H7Cl3O6. The quantitative estimate of drug-likeness (QED) is 0.530. The van der Waals surface area contributed by atoms with Crippen LogP contribution in [0.5, 0.6) is 0 Å². The standard InChI is InChI=1S/C4H6O6.CHCl3/c5-1(3(7)8)2(6)4(9)10;2-1(3)4/h1-2,5-6H,(H,7,8)(H,9,10);1H/t1-,2-;/m1./s1. The fraction of sp³-hybridized carbons (Fsp3) is 0.600. The van der Waals surface area contributed by atoms with Gasteiger partial charge in [0.05, 0.1) is 0 Å².